The minimum Gasteiger partial charge on any atom is -0.327 e. The molecule has 0 aliphatic carbocycles. The highest BCUT2D eigenvalue weighted by atomic mass is 35.5. The van der Waals surface area contributed by atoms with Crippen molar-refractivity contribution in [3.05, 3.63) is 22.5 Å². The maximum Gasteiger partial charge on any atom is 0.252 e. The number of thiophene rings is 1. The second-order valence-corrected chi connectivity index (χ2v) is 10.9. The van der Waals surface area contributed by atoms with Crippen molar-refractivity contribution in [1.29, 1.82) is 0 Å². The van der Waals surface area contributed by atoms with Crippen molar-refractivity contribution in [2.24, 2.45) is 11.1 Å². The molecule has 0 aromatic carbocycles. The van der Waals surface area contributed by atoms with Crippen LogP contribution in [0.3, 0.4) is 0 Å². The maximum atomic E-state index is 12.9. The number of sulfonamides is 1. The summed E-state index contributed by atoms with van der Waals surface area (Å²) in [5.41, 5.74) is 6.75. The fourth-order valence-electron chi connectivity index (χ4n) is 2.73. The monoisotopic (exact) mass is 407 g/mol. The van der Waals surface area contributed by atoms with Gasteiger partial charge in [0.2, 0.25) is 0 Å². The summed E-state index contributed by atoms with van der Waals surface area (Å²) in [6.45, 7) is 6.93. The number of hydrogen-bond acceptors (Lipinski definition) is 6. The Hall–Kier alpha value is -0.510. The second kappa shape index (κ2) is 7.01. The number of thiazole rings is 1. The van der Waals surface area contributed by atoms with Crippen LogP contribution in [-0.4, -0.2) is 36.8 Å². The molecule has 3 rings (SSSR count). The number of piperidine rings is 1. The molecule has 2 aromatic heterocycles. The molecule has 0 spiro atoms. The number of nitrogens with two attached hydrogens (primary N) is 1. The second-order valence-electron chi connectivity index (χ2n) is 6.59. The molecule has 0 amide bonds. The summed E-state index contributed by atoms with van der Waals surface area (Å²) in [7, 11) is -3.46. The van der Waals surface area contributed by atoms with Gasteiger partial charge in [-0.2, -0.15) is 4.31 Å². The molecule has 2 N–H and O–H groups in total. The molecule has 1 fully saturated rings. The topological polar surface area (TPSA) is 76.3 Å². The van der Waals surface area contributed by atoms with E-state index >= 15 is 0 Å². The molecule has 0 saturated carbocycles. The van der Waals surface area contributed by atoms with E-state index in [-0.39, 0.29) is 23.9 Å². The summed E-state index contributed by atoms with van der Waals surface area (Å²) in [4.78, 5) is 5.32. The van der Waals surface area contributed by atoms with Gasteiger partial charge < -0.3 is 5.73 Å². The number of nitrogens with zero attached hydrogens (tertiary/aromatic N) is 2. The van der Waals surface area contributed by atoms with Crippen molar-refractivity contribution in [3.63, 3.8) is 0 Å². The number of hydrogen-bond donors (Lipinski definition) is 1. The first-order valence-corrected chi connectivity index (χ1v) is 10.6. The van der Waals surface area contributed by atoms with E-state index in [1.807, 2.05) is 32.2 Å². The van der Waals surface area contributed by atoms with Crippen molar-refractivity contribution in [1.82, 2.24) is 9.29 Å². The SMILES string of the molecule is Cc1nc(-c2ccc(S(=O)(=O)N3CCC(N)C(C)(C)C3)s2)cs1.Cl. The molecular formula is C15H22ClN3O2S3. The van der Waals surface area contributed by atoms with Gasteiger partial charge in [-0.1, -0.05) is 13.8 Å². The zero-order valence-electron chi connectivity index (χ0n) is 13.9. The van der Waals surface area contributed by atoms with Gasteiger partial charge in [-0.05, 0) is 30.9 Å². The molecule has 9 heteroatoms. The Morgan fingerprint density at radius 1 is 1.38 bits per heavy atom. The first-order chi connectivity index (χ1) is 10.7. The first kappa shape index (κ1) is 19.8. The number of aromatic nitrogens is 1. The van der Waals surface area contributed by atoms with Gasteiger partial charge in [0.15, 0.2) is 0 Å². The lowest BCUT2D eigenvalue weighted by Crippen LogP contribution is -2.53. The Morgan fingerprint density at radius 2 is 2.08 bits per heavy atom. The van der Waals surface area contributed by atoms with E-state index in [0.29, 0.717) is 23.7 Å². The number of aryl methyl sites for hydroxylation is 1. The van der Waals surface area contributed by atoms with E-state index in [1.54, 1.807) is 21.7 Å². The first-order valence-electron chi connectivity index (χ1n) is 7.48. The van der Waals surface area contributed by atoms with E-state index in [4.69, 9.17) is 5.73 Å². The zero-order chi connectivity index (χ0) is 16.8. The van der Waals surface area contributed by atoms with E-state index in [9.17, 15) is 8.42 Å². The fourth-order valence-corrected chi connectivity index (χ4v) is 6.47. The minimum absolute atomic E-state index is 0. The Kier molecular flexibility index (Phi) is 5.79. The Balaban J connectivity index is 0.00000208. The fraction of sp³-hybridized carbons (Fsp3) is 0.533. The predicted molar refractivity (Wildman–Crippen MR) is 103 cm³/mol. The molecule has 0 radical (unpaired) electrons. The summed E-state index contributed by atoms with van der Waals surface area (Å²) in [6.07, 6.45) is 0.690. The molecule has 134 valence electrons. The smallest absolute Gasteiger partial charge is 0.252 e. The van der Waals surface area contributed by atoms with Gasteiger partial charge in [0.1, 0.15) is 4.21 Å². The van der Waals surface area contributed by atoms with Crippen molar-refractivity contribution in [2.45, 2.75) is 37.4 Å². The molecule has 3 heterocycles. The molecule has 24 heavy (non-hydrogen) atoms. The van der Waals surface area contributed by atoms with Crippen LogP contribution in [0.1, 0.15) is 25.3 Å². The highest BCUT2D eigenvalue weighted by Crippen LogP contribution is 2.36. The molecule has 2 aromatic rings. The summed E-state index contributed by atoms with van der Waals surface area (Å²) >= 11 is 2.85. The van der Waals surface area contributed by atoms with Gasteiger partial charge in [0.05, 0.1) is 15.6 Å². The highest BCUT2D eigenvalue weighted by Gasteiger charge is 2.39. The van der Waals surface area contributed by atoms with Crippen LogP contribution < -0.4 is 5.73 Å². The largest absolute Gasteiger partial charge is 0.327 e. The molecule has 1 aliphatic rings. The molecule has 1 unspecified atom stereocenters. The van der Waals surface area contributed by atoms with E-state index in [1.165, 1.54) is 11.3 Å². The molecule has 0 bridgehead atoms. The molecule has 1 saturated heterocycles. The number of rotatable bonds is 3. The Labute approximate surface area is 157 Å². The lowest BCUT2D eigenvalue weighted by atomic mass is 9.81. The summed E-state index contributed by atoms with van der Waals surface area (Å²) in [6, 6.07) is 3.56. The van der Waals surface area contributed by atoms with E-state index in [0.717, 1.165) is 15.6 Å². The van der Waals surface area contributed by atoms with Gasteiger partial charge >= 0.3 is 0 Å². The third-order valence-corrected chi connectivity index (χ3v) is 8.52. The van der Waals surface area contributed by atoms with Gasteiger partial charge in [0, 0.05) is 24.5 Å². The van der Waals surface area contributed by atoms with Crippen LogP contribution in [0.5, 0.6) is 0 Å². The third-order valence-electron chi connectivity index (χ3n) is 4.32. The van der Waals surface area contributed by atoms with Crippen molar-refractivity contribution < 1.29 is 8.42 Å². The molecule has 5 nitrogen and oxygen atoms in total. The van der Waals surface area contributed by atoms with Gasteiger partial charge in [0.25, 0.3) is 10.0 Å². The van der Waals surface area contributed by atoms with Crippen LogP contribution >= 0.6 is 35.1 Å². The van der Waals surface area contributed by atoms with Gasteiger partial charge in [-0.25, -0.2) is 13.4 Å². The lowest BCUT2D eigenvalue weighted by Gasteiger charge is -2.41. The van der Waals surface area contributed by atoms with Crippen LogP contribution in [0, 0.1) is 12.3 Å². The van der Waals surface area contributed by atoms with Crippen molar-refractivity contribution >= 4 is 45.1 Å². The van der Waals surface area contributed by atoms with E-state index in [2.05, 4.69) is 4.98 Å². The van der Waals surface area contributed by atoms with Gasteiger partial charge in [-0.3, -0.25) is 0 Å². The highest BCUT2D eigenvalue weighted by molar-refractivity contribution is 7.91. The molecule has 1 aliphatic heterocycles. The maximum absolute atomic E-state index is 12.9. The lowest BCUT2D eigenvalue weighted by molar-refractivity contribution is 0.156. The third kappa shape index (κ3) is 3.68. The molecule has 1 atom stereocenters. The zero-order valence-corrected chi connectivity index (χ0v) is 17.1. The van der Waals surface area contributed by atoms with Crippen LogP contribution in [0.15, 0.2) is 21.7 Å². The Bertz CT molecular complexity index is 814. The number of halogens is 1. The Morgan fingerprint density at radius 3 is 2.67 bits per heavy atom. The standard InChI is InChI=1S/C15H21N3O2S3.ClH/c1-10-17-11(8-21-10)12-4-5-14(22-12)23(19,20)18-7-6-13(16)15(2,3)9-18;/h4-5,8,13H,6-7,9,16H2,1-3H3;1H. The minimum atomic E-state index is -3.46. The quantitative estimate of drug-likeness (QED) is 0.846. The average molecular weight is 408 g/mol. The van der Waals surface area contributed by atoms with Crippen LogP contribution in [0.2, 0.25) is 0 Å². The van der Waals surface area contributed by atoms with Crippen LogP contribution in [0.4, 0.5) is 0 Å². The van der Waals surface area contributed by atoms with Crippen LogP contribution in [0.25, 0.3) is 10.6 Å². The molecular weight excluding hydrogens is 386 g/mol. The van der Waals surface area contributed by atoms with Crippen molar-refractivity contribution in [3.8, 4) is 10.6 Å². The van der Waals surface area contributed by atoms with Gasteiger partial charge in [-0.15, -0.1) is 35.1 Å². The summed E-state index contributed by atoms with van der Waals surface area (Å²) in [5, 5.41) is 2.94. The normalized spacial score (nSPS) is 21.4. The van der Waals surface area contributed by atoms with E-state index < -0.39 is 10.0 Å². The van der Waals surface area contributed by atoms with Crippen LogP contribution in [-0.2, 0) is 10.0 Å². The summed E-state index contributed by atoms with van der Waals surface area (Å²) < 4.78 is 27.8. The average Bonchev–Trinajstić information content (AvgIpc) is 3.10. The predicted octanol–water partition coefficient (Wildman–Crippen LogP) is 3.35. The summed E-state index contributed by atoms with van der Waals surface area (Å²) in [5.74, 6) is 0. The van der Waals surface area contributed by atoms with Crippen molar-refractivity contribution in [2.75, 3.05) is 13.1 Å².